The number of hydrogen-bond acceptors (Lipinski definition) is 5. The van der Waals surface area contributed by atoms with Gasteiger partial charge in [0.2, 0.25) is 0 Å². The average molecular weight is 439 g/mol. The molecule has 2 aromatic carbocycles. The molecule has 8 heteroatoms. The number of fused-ring (bicyclic) bond motifs is 2. The molecule has 0 bridgehead atoms. The van der Waals surface area contributed by atoms with E-state index in [1.54, 1.807) is 12.1 Å². The highest BCUT2D eigenvalue weighted by Crippen LogP contribution is 2.40. The molecule has 0 unspecified atom stereocenters. The second-order valence-electron chi connectivity index (χ2n) is 8.26. The molecule has 31 heavy (non-hydrogen) atoms. The van der Waals surface area contributed by atoms with Gasteiger partial charge in [-0.1, -0.05) is 12.1 Å². The van der Waals surface area contributed by atoms with Crippen molar-refractivity contribution in [3.63, 3.8) is 0 Å². The van der Waals surface area contributed by atoms with Crippen LogP contribution in [0, 0.1) is 11.3 Å². The number of piperidine rings is 1. The first kappa shape index (κ1) is 21.2. The number of likely N-dealkylation sites (tertiary alicyclic amines) is 1. The number of imidazole rings is 1. The van der Waals surface area contributed by atoms with Crippen molar-refractivity contribution < 1.29 is 9.53 Å². The zero-order valence-electron chi connectivity index (χ0n) is 16.9. The first-order valence-electron chi connectivity index (χ1n) is 10.2. The molecule has 0 aliphatic carbocycles. The van der Waals surface area contributed by atoms with Gasteiger partial charge in [-0.3, -0.25) is 4.79 Å². The minimum atomic E-state index is -0.459. The van der Waals surface area contributed by atoms with E-state index in [2.05, 4.69) is 20.9 Å². The van der Waals surface area contributed by atoms with Crippen LogP contribution < -0.4 is 10.4 Å². The fourth-order valence-electron chi connectivity index (χ4n) is 4.52. The molecule has 1 saturated heterocycles. The van der Waals surface area contributed by atoms with Crippen molar-refractivity contribution in [2.45, 2.75) is 31.3 Å². The molecule has 160 valence electrons. The van der Waals surface area contributed by atoms with E-state index in [1.807, 2.05) is 24.3 Å². The van der Waals surface area contributed by atoms with Crippen molar-refractivity contribution in [3.8, 4) is 11.8 Å². The second-order valence-corrected chi connectivity index (χ2v) is 8.26. The average Bonchev–Trinajstić information content (AvgIpc) is 3.11. The zero-order valence-corrected chi connectivity index (χ0v) is 17.8. The Morgan fingerprint density at radius 3 is 2.42 bits per heavy atom. The Bertz CT molecular complexity index is 1210. The Morgan fingerprint density at radius 1 is 1.06 bits per heavy atom. The topological polar surface area (TPSA) is 102 Å². The van der Waals surface area contributed by atoms with E-state index in [4.69, 9.17) is 10.00 Å². The number of rotatable bonds is 3. The van der Waals surface area contributed by atoms with Crippen LogP contribution >= 0.6 is 12.4 Å². The minimum Gasteiger partial charge on any atom is -0.486 e. The van der Waals surface area contributed by atoms with Crippen molar-refractivity contribution >= 4 is 29.2 Å². The van der Waals surface area contributed by atoms with Crippen LogP contribution in [-0.4, -0.2) is 45.9 Å². The Labute approximate surface area is 185 Å². The molecule has 2 N–H and O–H groups in total. The maximum absolute atomic E-state index is 12.8. The predicted molar refractivity (Wildman–Crippen MR) is 119 cm³/mol. The normalized spacial score (nSPS) is 17.6. The molecule has 3 heterocycles. The highest BCUT2D eigenvalue weighted by molar-refractivity contribution is 6.03. The summed E-state index contributed by atoms with van der Waals surface area (Å²) in [6.07, 6.45) is 2.91. The van der Waals surface area contributed by atoms with E-state index in [9.17, 15) is 9.59 Å². The van der Waals surface area contributed by atoms with Crippen molar-refractivity contribution in [1.82, 2.24) is 14.9 Å². The first-order valence-corrected chi connectivity index (χ1v) is 10.2. The van der Waals surface area contributed by atoms with Gasteiger partial charge in [-0.05, 0) is 30.2 Å². The predicted octanol–water partition coefficient (Wildman–Crippen LogP) is 3.19. The number of carbonyl (C=O) groups is 1. The Kier molecular flexibility index (Phi) is 5.61. The summed E-state index contributed by atoms with van der Waals surface area (Å²) in [5, 5.41) is 8.91. The van der Waals surface area contributed by atoms with E-state index in [0.717, 1.165) is 38.9 Å². The molecule has 2 aliphatic heterocycles. The Morgan fingerprint density at radius 2 is 1.74 bits per heavy atom. The smallest absolute Gasteiger partial charge is 0.323 e. The summed E-state index contributed by atoms with van der Waals surface area (Å²) in [5.41, 5.74) is 2.99. The lowest BCUT2D eigenvalue weighted by Gasteiger charge is -2.44. The standard InChI is InChI=1S/C23H22N4O3.ClH/c24-14-16-3-1-15(2-4-16)5-8-27-9-6-23(7-10-27)13-20(28)17-11-18-19(12-21(17)30-23)26-22(29)25-18;/h1-4,11-12H,5-10,13H2,(H2,25,26,29);1H. The van der Waals surface area contributed by atoms with Gasteiger partial charge < -0.3 is 19.6 Å². The number of ketones is 1. The fraction of sp³-hybridized carbons (Fsp3) is 0.348. The maximum atomic E-state index is 12.8. The number of carbonyl (C=O) groups excluding carboxylic acids is 1. The minimum absolute atomic E-state index is 0. The zero-order chi connectivity index (χ0) is 20.7. The second kappa shape index (κ2) is 8.22. The Balaban J connectivity index is 0.00000231. The number of Topliss-reactive ketones (excluding diaryl/α,β-unsaturated/α-hetero) is 1. The summed E-state index contributed by atoms with van der Waals surface area (Å²) in [6.45, 7) is 2.70. The Hall–Kier alpha value is -3.08. The number of hydrogen-bond donors (Lipinski definition) is 2. The monoisotopic (exact) mass is 438 g/mol. The summed E-state index contributed by atoms with van der Waals surface area (Å²) in [6, 6.07) is 13.3. The molecule has 0 amide bonds. The van der Waals surface area contributed by atoms with Crippen LogP contribution in [0.5, 0.6) is 5.75 Å². The molecular weight excluding hydrogens is 416 g/mol. The lowest BCUT2D eigenvalue weighted by atomic mass is 9.82. The van der Waals surface area contributed by atoms with Gasteiger partial charge in [0.05, 0.1) is 34.7 Å². The number of benzene rings is 2. The SMILES string of the molecule is Cl.N#Cc1ccc(CCN2CCC3(CC2)CC(=O)c2cc4[nH]c(=O)[nH]c4cc2O3)cc1. The molecule has 1 fully saturated rings. The molecule has 0 radical (unpaired) electrons. The van der Waals surface area contributed by atoms with Crippen LogP contribution in [-0.2, 0) is 6.42 Å². The summed E-state index contributed by atoms with van der Waals surface area (Å²) < 4.78 is 6.37. The molecule has 1 aromatic heterocycles. The molecule has 2 aliphatic rings. The number of H-pyrrole nitrogens is 2. The fourth-order valence-corrected chi connectivity index (χ4v) is 4.52. The quantitative estimate of drug-likeness (QED) is 0.653. The van der Waals surface area contributed by atoms with Crippen LogP contribution in [0.4, 0.5) is 0 Å². The van der Waals surface area contributed by atoms with E-state index in [1.165, 1.54) is 5.56 Å². The maximum Gasteiger partial charge on any atom is 0.323 e. The van der Waals surface area contributed by atoms with Crippen LogP contribution in [0.3, 0.4) is 0 Å². The summed E-state index contributed by atoms with van der Waals surface area (Å²) in [7, 11) is 0. The lowest BCUT2D eigenvalue weighted by molar-refractivity contribution is -0.00855. The van der Waals surface area contributed by atoms with Crippen LogP contribution in [0.25, 0.3) is 11.0 Å². The molecule has 3 aromatic rings. The third-order valence-electron chi connectivity index (χ3n) is 6.29. The van der Waals surface area contributed by atoms with Crippen molar-refractivity contribution in [3.05, 3.63) is 63.6 Å². The summed E-state index contributed by atoms with van der Waals surface area (Å²) >= 11 is 0. The summed E-state index contributed by atoms with van der Waals surface area (Å²) in [5.74, 6) is 0.645. The number of nitrogens with zero attached hydrogens (tertiary/aromatic N) is 2. The largest absolute Gasteiger partial charge is 0.486 e. The van der Waals surface area contributed by atoms with Gasteiger partial charge in [-0.15, -0.1) is 12.4 Å². The lowest BCUT2D eigenvalue weighted by Crippen LogP contribution is -2.51. The molecular formula is C23H23ClN4O3. The van der Waals surface area contributed by atoms with Crippen LogP contribution in [0.15, 0.2) is 41.2 Å². The summed E-state index contributed by atoms with van der Waals surface area (Å²) in [4.78, 5) is 32.2. The van der Waals surface area contributed by atoms with Crippen molar-refractivity contribution in [2.75, 3.05) is 19.6 Å². The number of halogens is 1. The van der Waals surface area contributed by atoms with E-state index in [0.29, 0.717) is 34.3 Å². The number of ether oxygens (including phenoxy) is 1. The third-order valence-corrected chi connectivity index (χ3v) is 6.29. The van der Waals surface area contributed by atoms with Crippen LogP contribution in [0.1, 0.15) is 40.7 Å². The number of aromatic nitrogens is 2. The highest BCUT2D eigenvalue weighted by atomic mass is 35.5. The molecule has 5 rings (SSSR count). The number of nitrogens with one attached hydrogen (secondary N) is 2. The van der Waals surface area contributed by atoms with Gasteiger partial charge in [-0.2, -0.15) is 5.26 Å². The molecule has 7 nitrogen and oxygen atoms in total. The molecule has 0 atom stereocenters. The van der Waals surface area contributed by atoms with Gasteiger partial charge >= 0.3 is 5.69 Å². The van der Waals surface area contributed by atoms with E-state index < -0.39 is 5.60 Å². The van der Waals surface area contributed by atoms with Crippen molar-refractivity contribution in [2.24, 2.45) is 0 Å². The van der Waals surface area contributed by atoms with Crippen LogP contribution in [0.2, 0.25) is 0 Å². The van der Waals surface area contributed by atoms with E-state index >= 15 is 0 Å². The molecule has 1 spiro atoms. The van der Waals surface area contributed by atoms with Crippen molar-refractivity contribution in [1.29, 1.82) is 5.26 Å². The van der Waals surface area contributed by atoms with Gasteiger partial charge in [0.15, 0.2) is 5.78 Å². The third kappa shape index (κ3) is 4.09. The van der Waals surface area contributed by atoms with Gasteiger partial charge in [0, 0.05) is 38.5 Å². The first-order chi connectivity index (χ1) is 14.5. The van der Waals surface area contributed by atoms with E-state index in [-0.39, 0.29) is 23.9 Å². The van der Waals surface area contributed by atoms with Gasteiger partial charge in [0.1, 0.15) is 11.4 Å². The van der Waals surface area contributed by atoms with Gasteiger partial charge in [0.25, 0.3) is 0 Å². The number of aromatic amines is 2. The van der Waals surface area contributed by atoms with Gasteiger partial charge in [-0.25, -0.2) is 4.79 Å². The molecule has 0 saturated carbocycles. The number of nitriles is 1. The highest BCUT2D eigenvalue weighted by Gasteiger charge is 2.43.